The van der Waals surface area contributed by atoms with Gasteiger partial charge in [-0.3, -0.25) is 0 Å². The van der Waals surface area contributed by atoms with Gasteiger partial charge in [0.05, 0.1) is 0 Å². The normalized spacial score (nSPS) is 15.9. The van der Waals surface area contributed by atoms with E-state index < -0.39 is 5.60 Å². The molecule has 1 rings (SSSR count). The van der Waals surface area contributed by atoms with Crippen molar-refractivity contribution in [2.24, 2.45) is 11.1 Å². The molecule has 0 bridgehead atoms. The van der Waals surface area contributed by atoms with Crippen LogP contribution in [0.15, 0.2) is 18.2 Å². The van der Waals surface area contributed by atoms with E-state index in [4.69, 9.17) is 5.73 Å². The predicted molar refractivity (Wildman–Crippen MR) is 68.3 cm³/mol. The summed E-state index contributed by atoms with van der Waals surface area (Å²) in [4.78, 5) is 0. The van der Waals surface area contributed by atoms with E-state index in [0.29, 0.717) is 0 Å². The Kier molecular flexibility index (Phi) is 3.46. The number of nitrogens with two attached hydrogens (primary N) is 1. The van der Waals surface area contributed by atoms with Crippen LogP contribution in [0.25, 0.3) is 0 Å². The number of rotatable bonds is 2. The molecule has 0 aliphatic rings. The molecule has 0 aliphatic heterocycles. The lowest BCUT2D eigenvalue weighted by Crippen LogP contribution is -2.46. The highest BCUT2D eigenvalue weighted by atomic mass is 16.3. The minimum Gasteiger partial charge on any atom is -0.383 e. The Bertz CT molecular complexity index is 379. The Morgan fingerprint density at radius 2 is 1.75 bits per heavy atom. The van der Waals surface area contributed by atoms with Gasteiger partial charge < -0.3 is 10.8 Å². The largest absolute Gasteiger partial charge is 0.383 e. The second kappa shape index (κ2) is 4.19. The van der Waals surface area contributed by atoms with E-state index in [1.165, 1.54) is 5.56 Å². The lowest BCUT2D eigenvalue weighted by molar-refractivity contribution is -0.0562. The predicted octanol–water partition coefficient (Wildman–Crippen LogP) is 2.50. The second-order valence-corrected chi connectivity index (χ2v) is 5.56. The molecule has 2 heteroatoms. The summed E-state index contributed by atoms with van der Waals surface area (Å²) in [6.07, 6.45) is 0. The van der Waals surface area contributed by atoms with Gasteiger partial charge in [0, 0.05) is 6.54 Å². The van der Waals surface area contributed by atoms with Gasteiger partial charge in [0.2, 0.25) is 0 Å². The third kappa shape index (κ3) is 2.00. The molecule has 0 fully saturated rings. The monoisotopic (exact) mass is 221 g/mol. The summed E-state index contributed by atoms with van der Waals surface area (Å²) >= 11 is 0. The van der Waals surface area contributed by atoms with Gasteiger partial charge in [-0.25, -0.2) is 0 Å². The molecule has 0 spiro atoms. The topological polar surface area (TPSA) is 46.2 Å². The molecule has 0 aromatic heterocycles. The highest BCUT2D eigenvalue weighted by Crippen LogP contribution is 2.40. The molecular weight excluding hydrogens is 198 g/mol. The van der Waals surface area contributed by atoms with E-state index in [2.05, 4.69) is 13.0 Å². The van der Waals surface area contributed by atoms with Crippen molar-refractivity contribution in [2.45, 2.75) is 40.2 Å². The summed E-state index contributed by atoms with van der Waals surface area (Å²) in [5, 5.41) is 10.8. The summed E-state index contributed by atoms with van der Waals surface area (Å²) in [6.45, 7) is 10.4. The summed E-state index contributed by atoms with van der Waals surface area (Å²) in [7, 11) is 0. The molecule has 0 aliphatic carbocycles. The van der Waals surface area contributed by atoms with Crippen LogP contribution in [0.1, 0.15) is 37.5 Å². The van der Waals surface area contributed by atoms with Crippen molar-refractivity contribution >= 4 is 0 Å². The van der Waals surface area contributed by atoms with Crippen molar-refractivity contribution < 1.29 is 5.11 Å². The van der Waals surface area contributed by atoms with Gasteiger partial charge in [0.15, 0.2) is 0 Å². The molecule has 90 valence electrons. The Morgan fingerprint density at radius 3 is 2.19 bits per heavy atom. The van der Waals surface area contributed by atoms with Gasteiger partial charge in [-0.2, -0.15) is 0 Å². The van der Waals surface area contributed by atoms with Crippen LogP contribution < -0.4 is 5.73 Å². The number of aryl methyl sites for hydroxylation is 1. The van der Waals surface area contributed by atoms with Crippen LogP contribution >= 0.6 is 0 Å². The average Bonchev–Trinajstić information content (AvgIpc) is 2.19. The van der Waals surface area contributed by atoms with Crippen molar-refractivity contribution in [2.75, 3.05) is 6.54 Å². The Hall–Kier alpha value is -0.860. The lowest BCUT2D eigenvalue weighted by atomic mass is 9.70. The summed E-state index contributed by atoms with van der Waals surface area (Å²) < 4.78 is 0. The van der Waals surface area contributed by atoms with Crippen LogP contribution in [0.5, 0.6) is 0 Å². The van der Waals surface area contributed by atoms with E-state index in [0.717, 1.165) is 11.1 Å². The zero-order valence-electron chi connectivity index (χ0n) is 11.0. The molecule has 0 radical (unpaired) electrons. The van der Waals surface area contributed by atoms with Gasteiger partial charge in [0.1, 0.15) is 5.60 Å². The number of hydrogen-bond donors (Lipinski definition) is 2. The fraction of sp³-hybridized carbons (Fsp3) is 0.571. The smallest absolute Gasteiger partial charge is 0.107 e. The maximum Gasteiger partial charge on any atom is 0.107 e. The third-order valence-corrected chi connectivity index (χ3v) is 3.59. The molecule has 1 unspecified atom stereocenters. The van der Waals surface area contributed by atoms with Crippen LogP contribution in [-0.4, -0.2) is 11.7 Å². The van der Waals surface area contributed by atoms with Gasteiger partial charge in [-0.05, 0) is 36.0 Å². The van der Waals surface area contributed by atoms with Crippen molar-refractivity contribution in [3.8, 4) is 0 Å². The molecule has 3 N–H and O–H groups in total. The van der Waals surface area contributed by atoms with Gasteiger partial charge in [-0.1, -0.05) is 39.0 Å². The maximum absolute atomic E-state index is 10.8. The summed E-state index contributed by atoms with van der Waals surface area (Å²) in [5.41, 5.74) is 7.81. The SMILES string of the molecule is Cc1cccc(C(O)(CN)C(C)(C)C)c1C. The Morgan fingerprint density at radius 1 is 1.19 bits per heavy atom. The van der Waals surface area contributed by atoms with E-state index >= 15 is 0 Å². The molecule has 1 aromatic carbocycles. The number of aliphatic hydroxyl groups is 1. The van der Waals surface area contributed by atoms with Crippen molar-refractivity contribution in [3.05, 3.63) is 34.9 Å². The zero-order valence-corrected chi connectivity index (χ0v) is 11.0. The van der Waals surface area contributed by atoms with Crippen LogP contribution in [0.4, 0.5) is 0 Å². The van der Waals surface area contributed by atoms with Crippen molar-refractivity contribution in [3.63, 3.8) is 0 Å². The van der Waals surface area contributed by atoms with E-state index in [-0.39, 0.29) is 12.0 Å². The maximum atomic E-state index is 10.8. The standard InChI is InChI=1S/C14H23NO/c1-10-7-6-8-12(11(10)2)14(16,9-15)13(3,4)5/h6-8,16H,9,15H2,1-5H3. The van der Waals surface area contributed by atoms with Gasteiger partial charge in [-0.15, -0.1) is 0 Å². The Labute approximate surface area is 98.5 Å². The van der Waals surface area contributed by atoms with Crippen LogP contribution in [-0.2, 0) is 5.60 Å². The first-order valence-corrected chi connectivity index (χ1v) is 5.73. The average molecular weight is 221 g/mol. The molecule has 16 heavy (non-hydrogen) atoms. The second-order valence-electron chi connectivity index (χ2n) is 5.56. The highest BCUT2D eigenvalue weighted by molar-refractivity contribution is 5.38. The highest BCUT2D eigenvalue weighted by Gasteiger charge is 2.41. The minimum absolute atomic E-state index is 0.237. The minimum atomic E-state index is -0.969. The summed E-state index contributed by atoms with van der Waals surface area (Å²) in [5.74, 6) is 0. The first-order valence-electron chi connectivity index (χ1n) is 5.73. The number of benzene rings is 1. The first-order chi connectivity index (χ1) is 7.24. The zero-order chi connectivity index (χ0) is 12.6. The fourth-order valence-corrected chi connectivity index (χ4v) is 2.02. The van der Waals surface area contributed by atoms with Crippen LogP contribution in [0.2, 0.25) is 0 Å². The Balaban J connectivity index is 3.40. The molecule has 0 saturated carbocycles. The third-order valence-electron chi connectivity index (χ3n) is 3.59. The molecule has 1 aromatic rings. The van der Waals surface area contributed by atoms with Crippen LogP contribution in [0, 0.1) is 19.3 Å². The summed E-state index contributed by atoms with van der Waals surface area (Å²) in [6, 6.07) is 6.00. The number of hydrogen-bond acceptors (Lipinski definition) is 2. The molecule has 2 nitrogen and oxygen atoms in total. The fourth-order valence-electron chi connectivity index (χ4n) is 2.02. The van der Waals surface area contributed by atoms with Crippen molar-refractivity contribution in [1.29, 1.82) is 0 Å². The molecule has 0 heterocycles. The molecule has 0 saturated heterocycles. The van der Waals surface area contributed by atoms with E-state index in [9.17, 15) is 5.11 Å². The quantitative estimate of drug-likeness (QED) is 0.806. The molecule has 0 amide bonds. The van der Waals surface area contributed by atoms with Gasteiger partial charge in [0.25, 0.3) is 0 Å². The van der Waals surface area contributed by atoms with Crippen LogP contribution in [0.3, 0.4) is 0 Å². The van der Waals surface area contributed by atoms with Crippen molar-refractivity contribution in [1.82, 2.24) is 0 Å². The van der Waals surface area contributed by atoms with Gasteiger partial charge >= 0.3 is 0 Å². The lowest BCUT2D eigenvalue weighted by Gasteiger charge is -2.41. The van der Waals surface area contributed by atoms with E-state index in [1.807, 2.05) is 39.8 Å². The molecular formula is C14H23NO. The first kappa shape index (κ1) is 13.2. The molecule has 1 atom stereocenters. The van der Waals surface area contributed by atoms with E-state index in [1.54, 1.807) is 0 Å².